The van der Waals surface area contributed by atoms with Gasteiger partial charge < -0.3 is 5.73 Å². The number of halogens is 1. The van der Waals surface area contributed by atoms with Gasteiger partial charge in [-0.05, 0) is 37.0 Å². The fraction of sp³-hybridized carbons (Fsp3) is 0.444. The van der Waals surface area contributed by atoms with E-state index in [0.717, 1.165) is 25.1 Å². The molecule has 3 heteroatoms. The summed E-state index contributed by atoms with van der Waals surface area (Å²) < 4.78 is 0. The number of nitrogens with zero attached hydrogens (tertiary/aromatic N) is 1. The lowest BCUT2D eigenvalue weighted by atomic mass is 10.1. The standard InChI is InChI=1S/C9H13ClN2/c10-5-2-1-3-8-4-6-12-9(11)7-8/h4,6-7H,1-3,5H2,(H2,11,12). The first-order valence-corrected chi connectivity index (χ1v) is 4.63. The average molecular weight is 185 g/mol. The molecular weight excluding hydrogens is 172 g/mol. The van der Waals surface area contributed by atoms with Crippen molar-refractivity contribution in [1.82, 2.24) is 4.98 Å². The second-order valence-corrected chi connectivity index (χ2v) is 3.11. The predicted octanol–water partition coefficient (Wildman–Crippen LogP) is 2.23. The Bertz CT molecular complexity index is 238. The number of nitrogen functional groups attached to an aromatic ring is 1. The number of aromatic nitrogens is 1. The van der Waals surface area contributed by atoms with E-state index in [0.29, 0.717) is 5.82 Å². The van der Waals surface area contributed by atoms with Crippen LogP contribution in [0.1, 0.15) is 18.4 Å². The van der Waals surface area contributed by atoms with Crippen molar-refractivity contribution in [1.29, 1.82) is 0 Å². The van der Waals surface area contributed by atoms with Crippen LogP contribution >= 0.6 is 11.6 Å². The number of hydrogen-bond acceptors (Lipinski definition) is 2. The molecule has 0 saturated carbocycles. The van der Waals surface area contributed by atoms with Crippen molar-refractivity contribution in [2.45, 2.75) is 19.3 Å². The van der Waals surface area contributed by atoms with E-state index < -0.39 is 0 Å². The maximum Gasteiger partial charge on any atom is 0.123 e. The maximum atomic E-state index is 5.56. The van der Waals surface area contributed by atoms with Crippen LogP contribution in [0.5, 0.6) is 0 Å². The van der Waals surface area contributed by atoms with Crippen molar-refractivity contribution in [3.05, 3.63) is 23.9 Å². The van der Waals surface area contributed by atoms with Crippen LogP contribution in [0.15, 0.2) is 18.3 Å². The van der Waals surface area contributed by atoms with Crippen LogP contribution in [-0.2, 0) is 6.42 Å². The summed E-state index contributed by atoms with van der Waals surface area (Å²) in [5.74, 6) is 1.33. The highest BCUT2D eigenvalue weighted by atomic mass is 35.5. The van der Waals surface area contributed by atoms with E-state index >= 15 is 0 Å². The summed E-state index contributed by atoms with van der Waals surface area (Å²) in [5, 5.41) is 0. The van der Waals surface area contributed by atoms with Crippen LogP contribution in [-0.4, -0.2) is 10.9 Å². The van der Waals surface area contributed by atoms with Crippen molar-refractivity contribution in [2.75, 3.05) is 11.6 Å². The average Bonchev–Trinajstić information content (AvgIpc) is 2.05. The molecule has 0 aromatic carbocycles. The minimum absolute atomic E-state index is 0.596. The molecule has 1 aromatic rings. The molecule has 0 fully saturated rings. The first-order chi connectivity index (χ1) is 5.83. The molecule has 1 heterocycles. The fourth-order valence-electron chi connectivity index (χ4n) is 1.07. The third-order valence-electron chi connectivity index (χ3n) is 1.69. The number of alkyl halides is 1. The third kappa shape index (κ3) is 3.09. The Morgan fingerprint density at radius 1 is 1.42 bits per heavy atom. The number of unbranched alkanes of at least 4 members (excludes halogenated alkanes) is 1. The summed E-state index contributed by atoms with van der Waals surface area (Å²) in [5.41, 5.74) is 6.77. The Labute approximate surface area is 77.8 Å². The topological polar surface area (TPSA) is 38.9 Å². The van der Waals surface area contributed by atoms with Gasteiger partial charge in [-0.25, -0.2) is 4.98 Å². The smallest absolute Gasteiger partial charge is 0.123 e. The summed E-state index contributed by atoms with van der Waals surface area (Å²) in [6.45, 7) is 0. The lowest BCUT2D eigenvalue weighted by Gasteiger charge is -1.99. The van der Waals surface area contributed by atoms with Crippen molar-refractivity contribution in [2.24, 2.45) is 0 Å². The second kappa shape index (κ2) is 4.99. The van der Waals surface area contributed by atoms with Gasteiger partial charge in [0.2, 0.25) is 0 Å². The molecule has 1 aromatic heterocycles. The zero-order valence-corrected chi connectivity index (χ0v) is 7.72. The molecule has 0 unspecified atom stereocenters. The quantitative estimate of drug-likeness (QED) is 0.576. The summed E-state index contributed by atoms with van der Waals surface area (Å²) >= 11 is 5.56. The van der Waals surface area contributed by atoms with Gasteiger partial charge in [0.15, 0.2) is 0 Å². The molecule has 0 radical (unpaired) electrons. The molecule has 0 aliphatic carbocycles. The number of pyridine rings is 1. The molecule has 66 valence electrons. The number of hydrogen-bond donors (Lipinski definition) is 1. The first kappa shape index (κ1) is 9.33. The Hall–Kier alpha value is -0.760. The highest BCUT2D eigenvalue weighted by molar-refractivity contribution is 6.17. The number of anilines is 1. The predicted molar refractivity (Wildman–Crippen MR) is 52.3 cm³/mol. The van der Waals surface area contributed by atoms with E-state index in [1.807, 2.05) is 12.1 Å². The Morgan fingerprint density at radius 3 is 2.92 bits per heavy atom. The second-order valence-electron chi connectivity index (χ2n) is 2.74. The zero-order valence-electron chi connectivity index (χ0n) is 6.96. The van der Waals surface area contributed by atoms with E-state index in [1.54, 1.807) is 6.20 Å². The van der Waals surface area contributed by atoms with Gasteiger partial charge in [-0.3, -0.25) is 0 Å². The molecule has 12 heavy (non-hydrogen) atoms. The number of nitrogens with two attached hydrogens (primary N) is 1. The molecule has 2 N–H and O–H groups in total. The van der Waals surface area contributed by atoms with Crippen LogP contribution < -0.4 is 5.73 Å². The lowest BCUT2D eigenvalue weighted by molar-refractivity contribution is 0.799. The van der Waals surface area contributed by atoms with Crippen LogP contribution in [0, 0.1) is 0 Å². The molecule has 0 aliphatic rings. The van der Waals surface area contributed by atoms with E-state index in [1.165, 1.54) is 5.56 Å². The lowest BCUT2D eigenvalue weighted by Crippen LogP contribution is -1.92. The summed E-state index contributed by atoms with van der Waals surface area (Å²) in [6.07, 6.45) is 4.96. The minimum atomic E-state index is 0.596. The molecule has 0 spiro atoms. The Balaban J connectivity index is 2.41. The maximum absolute atomic E-state index is 5.56. The van der Waals surface area contributed by atoms with Gasteiger partial charge in [0.25, 0.3) is 0 Å². The largest absolute Gasteiger partial charge is 0.384 e. The Morgan fingerprint density at radius 2 is 2.25 bits per heavy atom. The fourth-order valence-corrected chi connectivity index (χ4v) is 1.26. The van der Waals surface area contributed by atoms with Crippen LogP contribution in [0.3, 0.4) is 0 Å². The monoisotopic (exact) mass is 184 g/mol. The molecule has 2 nitrogen and oxygen atoms in total. The third-order valence-corrected chi connectivity index (χ3v) is 1.96. The van der Waals surface area contributed by atoms with Gasteiger partial charge in [-0.2, -0.15) is 0 Å². The van der Waals surface area contributed by atoms with E-state index in [-0.39, 0.29) is 0 Å². The van der Waals surface area contributed by atoms with Gasteiger partial charge in [-0.1, -0.05) is 0 Å². The molecular formula is C9H13ClN2. The van der Waals surface area contributed by atoms with Gasteiger partial charge in [-0.15, -0.1) is 11.6 Å². The van der Waals surface area contributed by atoms with Gasteiger partial charge >= 0.3 is 0 Å². The summed E-state index contributed by atoms with van der Waals surface area (Å²) in [7, 11) is 0. The molecule has 0 saturated heterocycles. The normalized spacial score (nSPS) is 10.1. The van der Waals surface area contributed by atoms with Crippen LogP contribution in [0.25, 0.3) is 0 Å². The Kier molecular flexibility index (Phi) is 3.88. The van der Waals surface area contributed by atoms with Crippen molar-refractivity contribution < 1.29 is 0 Å². The molecule has 0 bridgehead atoms. The van der Waals surface area contributed by atoms with E-state index in [2.05, 4.69) is 4.98 Å². The molecule has 0 aliphatic heterocycles. The van der Waals surface area contributed by atoms with Crippen molar-refractivity contribution >= 4 is 17.4 Å². The van der Waals surface area contributed by atoms with Crippen LogP contribution in [0.2, 0.25) is 0 Å². The highest BCUT2D eigenvalue weighted by Gasteiger charge is 1.93. The van der Waals surface area contributed by atoms with E-state index in [9.17, 15) is 0 Å². The summed E-state index contributed by atoms with van der Waals surface area (Å²) in [6, 6.07) is 3.90. The summed E-state index contributed by atoms with van der Waals surface area (Å²) in [4.78, 5) is 3.92. The van der Waals surface area contributed by atoms with Crippen molar-refractivity contribution in [3.63, 3.8) is 0 Å². The zero-order chi connectivity index (χ0) is 8.81. The van der Waals surface area contributed by atoms with Crippen LogP contribution in [0.4, 0.5) is 5.82 Å². The van der Waals surface area contributed by atoms with E-state index in [4.69, 9.17) is 17.3 Å². The van der Waals surface area contributed by atoms with Gasteiger partial charge in [0, 0.05) is 12.1 Å². The molecule has 0 atom stereocenters. The SMILES string of the molecule is Nc1cc(CCCCCl)ccn1. The minimum Gasteiger partial charge on any atom is -0.384 e. The van der Waals surface area contributed by atoms with Gasteiger partial charge in [0.05, 0.1) is 0 Å². The highest BCUT2D eigenvalue weighted by Crippen LogP contribution is 2.07. The molecule has 1 rings (SSSR count). The number of rotatable bonds is 4. The number of aryl methyl sites for hydroxylation is 1. The van der Waals surface area contributed by atoms with Crippen molar-refractivity contribution in [3.8, 4) is 0 Å². The molecule has 0 amide bonds. The first-order valence-electron chi connectivity index (χ1n) is 4.09. The van der Waals surface area contributed by atoms with Gasteiger partial charge in [0.1, 0.15) is 5.82 Å².